The Kier molecular flexibility index (Phi) is 4.25. The molecule has 0 N–H and O–H groups in total. The zero-order chi connectivity index (χ0) is 14.9. The third-order valence-electron chi connectivity index (χ3n) is 3.55. The normalized spacial score (nSPS) is 21.8. The third-order valence-corrected chi connectivity index (χ3v) is 3.85. The van der Waals surface area contributed by atoms with Gasteiger partial charge in [-0.3, -0.25) is 14.9 Å². The van der Waals surface area contributed by atoms with E-state index in [1.807, 2.05) is 6.92 Å². The summed E-state index contributed by atoms with van der Waals surface area (Å²) in [6.45, 7) is 2.55. The average molecular weight is 299 g/mol. The van der Waals surface area contributed by atoms with Gasteiger partial charge in [0.05, 0.1) is 17.1 Å². The van der Waals surface area contributed by atoms with Gasteiger partial charge < -0.3 is 9.64 Å². The van der Waals surface area contributed by atoms with Crippen molar-refractivity contribution in [3.8, 4) is 0 Å². The fourth-order valence-corrected chi connectivity index (χ4v) is 2.62. The predicted molar refractivity (Wildman–Crippen MR) is 74.0 cm³/mol. The van der Waals surface area contributed by atoms with Crippen molar-refractivity contribution in [1.82, 2.24) is 4.90 Å². The van der Waals surface area contributed by atoms with Crippen LogP contribution in [0.3, 0.4) is 0 Å². The molecule has 0 aromatic heterocycles. The van der Waals surface area contributed by atoms with Crippen LogP contribution in [0.1, 0.15) is 23.7 Å². The van der Waals surface area contributed by atoms with E-state index in [-0.39, 0.29) is 28.8 Å². The van der Waals surface area contributed by atoms with Crippen molar-refractivity contribution in [2.24, 2.45) is 0 Å². The highest BCUT2D eigenvalue weighted by Crippen LogP contribution is 2.26. The van der Waals surface area contributed by atoms with Crippen molar-refractivity contribution < 1.29 is 14.5 Å². The molecule has 0 spiro atoms. The molecule has 1 saturated heterocycles. The Morgan fingerprint density at radius 2 is 2.25 bits per heavy atom. The Hall–Kier alpha value is -1.66. The Bertz CT molecular complexity index is 549. The SMILES string of the molecule is CC1OCCC1N(C)C(=O)c1ccc([N+](=O)[O-])c(Cl)c1. The van der Waals surface area contributed by atoms with E-state index < -0.39 is 4.92 Å². The zero-order valence-corrected chi connectivity index (χ0v) is 12.0. The second kappa shape index (κ2) is 5.76. The average Bonchev–Trinajstić information content (AvgIpc) is 2.82. The molecule has 108 valence electrons. The summed E-state index contributed by atoms with van der Waals surface area (Å²) in [7, 11) is 1.70. The van der Waals surface area contributed by atoms with Crippen LogP contribution in [0, 0.1) is 10.1 Å². The minimum Gasteiger partial charge on any atom is -0.376 e. The number of carbonyl (C=O) groups is 1. The molecular formula is C13H15ClN2O4. The van der Waals surface area contributed by atoms with E-state index in [1.165, 1.54) is 18.2 Å². The second-order valence-corrected chi connectivity index (χ2v) is 5.18. The molecule has 1 fully saturated rings. The molecule has 0 saturated carbocycles. The Labute approximate surface area is 121 Å². The van der Waals surface area contributed by atoms with Crippen LogP contribution in [0.15, 0.2) is 18.2 Å². The summed E-state index contributed by atoms with van der Waals surface area (Å²) in [4.78, 5) is 24.1. The van der Waals surface area contributed by atoms with Crippen LogP contribution in [0.4, 0.5) is 5.69 Å². The van der Waals surface area contributed by atoms with Crippen molar-refractivity contribution in [2.75, 3.05) is 13.7 Å². The van der Waals surface area contributed by atoms with Gasteiger partial charge >= 0.3 is 0 Å². The van der Waals surface area contributed by atoms with Gasteiger partial charge in [0, 0.05) is 25.3 Å². The second-order valence-electron chi connectivity index (χ2n) is 4.77. The first-order valence-electron chi connectivity index (χ1n) is 6.24. The molecule has 6 nitrogen and oxygen atoms in total. The molecular weight excluding hydrogens is 284 g/mol. The highest BCUT2D eigenvalue weighted by atomic mass is 35.5. The molecule has 1 aromatic rings. The van der Waals surface area contributed by atoms with Crippen LogP contribution in [0.2, 0.25) is 5.02 Å². The third kappa shape index (κ3) is 2.76. The number of nitro groups is 1. The fourth-order valence-electron chi connectivity index (χ4n) is 2.37. The minimum absolute atomic E-state index is 0.0106. The largest absolute Gasteiger partial charge is 0.376 e. The fraction of sp³-hybridized carbons (Fsp3) is 0.462. The molecule has 0 radical (unpaired) electrons. The van der Waals surface area contributed by atoms with Crippen molar-refractivity contribution in [3.63, 3.8) is 0 Å². The van der Waals surface area contributed by atoms with E-state index in [0.717, 1.165) is 6.42 Å². The lowest BCUT2D eigenvalue weighted by Gasteiger charge is -2.26. The van der Waals surface area contributed by atoms with Gasteiger partial charge in [-0.05, 0) is 25.5 Å². The highest BCUT2D eigenvalue weighted by molar-refractivity contribution is 6.33. The van der Waals surface area contributed by atoms with Crippen LogP contribution < -0.4 is 0 Å². The Morgan fingerprint density at radius 1 is 1.55 bits per heavy atom. The van der Waals surface area contributed by atoms with Crippen molar-refractivity contribution >= 4 is 23.2 Å². The Morgan fingerprint density at radius 3 is 2.75 bits per heavy atom. The highest BCUT2D eigenvalue weighted by Gasteiger charge is 2.31. The summed E-state index contributed by atoms with van der Waals surface area (Å²) in [5.41, 5.74) is 0.130. The molecule has 0 aliphatic carbocycles. The van der Waals surface area contributed by atoms with Crippen LogP contribution in [0.25, 0.3) is 0 Å². The molecule has 1 amide bonds. The van der Waals surface area contributed by atoms with E-state index in [9.17, 15) is 14.9 Å². The van der Waals surface area contributed by atoms with Gasteiger partial charge in [-0.1, -0.05) is 11.6 Å². The molecule has 2 atom stereocenters. The summed E-state index contributed by atoms with van der Waals surface area (Å²) in [5, 5.41) is 10.7. The standard InChI is InChI=1S/C13H15ClN2O4/c1-8-11(5-6-20-8)15(2)13(17)9-3-4-12(16(18)19)10(14)7-9/h3-4,7-8,11H,5-6H2,1-2H3. The predicted octanol–water partition coefficient (Wildman–Crippen LogP) is 2.50. The molecule has 0 bridgehead atoms. The lowest BCUT2D eigenvalue weighted by Crippen LogP contribution is -2.41. The van der Waals surface area contributed by atoms with Crippen LogP contribution in [-0.2, 0) is 4.74 Å². The number of nitro benzene ring substituents is 1. The monoisotopic (exact) mass is 298 g/mol. The van der Waals surface area contributed by atoms with Gasteiger partial charge in [0.15, 0.2) is 0 Å². The van der Waals surface area contributed by atoms with E-state index in [4.69, 9.17) is 16.3 Å². The topological polar surface area (TPSA) is 72.7 Å². The van der Waals surface area contributed by atoms with Crippen molar-refractivity contribution in [2.45, 2.75) is 25.5 Å². The van der Waals surface area contributed by atoms with Gasteiger partial charge in [-0.2, -0.15) is 0 Å². The maximum absolute atomic E-state index is 12.4. The van der Waals surface area contributed by atoms with Gasteiger partial charge in [-0.25, -0.2) is 0 Å². The first-order chi connectivity index (χ1) is 9.41. The molecule has 20 heavy (non-hydrogen) atoms. The summed E-state index contributed by atoms with van der Waals surface area (Å²) < 4.78 is 5.44. The maximum atomic E-state index is 12.4. The first-order valence-corrected chi connectivity index (χ1v) is 6.62. The molecule has 1 aliphatic heterocycles. The number of hydrogen-bond acceptors (Lipinski definition) is 4. The number of rotatable bonds is 3. The summed E-state index contributed by atoms with van der Waals surface area (Å²) in [6, 6.07) is 4.01. The number of likely N-dealkylation sites (N-methyl/N-ethyl adjacent to an activating group) is 1. The van der Waals surface area contributed by atoms with E-state index in [0.29, 0.717) is 12.2 Å². The summed E-state index contributed by atoms with van der Waals surface area (Å²) in [6.07, 6.45) is 0.766. The Balaban J connectivity index is 2.21. The molecule has 1 aromatic carbocycles. The van der Waals surface area contributed by atoms with Gasteiger partial charge in [0.2, 0.25) is 0 Å². The van der Waals surface area contributed by atoms with Crippen LogP contribution in [0.5, 0.6) is 0 Å². The van der Waals surface area contributed by atoms with Crippen molar-refractivity contribution in [3.05, 3.63) is 38.9 Å². The van der Waals surface area contributed by atoms with Crippen LogP contribution in [-0.4, -0.2) is 41.5 Å². The van der Waals surface area contributed by atoms with Crippen LogP contribution >= 0.6 is 11.6 Å². The van der Waals surface area contributed by atoms with E-state index in [1.54, 1.807) is 11.9 Å². The number of nitrogens with zero attached hydrogens (tertiary/aromatic N) is 2. The van der Waals surface area contributed by atoms with E-state index >= 15 is 0 Å². The number of amides is 1. The molecule has 2 rings (SSSR count). The lowest BCUT2D eigenvalue weighted by atomic mass is 10.1. The smallest absolute Gasteiger partial charge is 0.287 e. The van der Waals surface area contributed by atoms with Gasteiger partial charge in [0.25, 0.3) is 11.6 Å². The number of ether oxygens (including phenoxy) is 1. The first kappa shape index (κ1) is 14.7. The molecule has 7 heteroatoms. The van der Waals surface area contributed by atoms with Crippen molar-refractivity contribution in [1.29, 1.82) is 0 Å². The quantitative estimate of drug-likeness (QED) is 0.635. The molecule has 1 aliphatic rings. The summed E-state index contributed by atoms with van der Waals surface area (Å²) >= 11 is 5.82. The lowest BCUT2D eigenvalue weighted by molar-refractivity contribution is -0.384. The number of carbonyl (C=O) groups excluding carboxylic acids is 1. The number of halogens is 1. The van der Waals surface area contributed by atoms with Gasteiger partial charge in [0.1, 0.15) is 5.02 Å². The molecule has 2 unspecified atom stereocenters. The summed E-state index contributed by atoms with van der Waals surface area (Å²) in [5.74, 6) is -0.218. The number of hydrogen-bond donors (Lipinski definition) is 0. The zero-order valence-electron chi connectivity index (χ0n) is 11.2. The maximum Gasteiger partial charge on any atom is 0.287 e. The number of benzene rings is 1. The van der Waals surface area contributed by atoms with E-state index in [2.05, 4.69) is 0 Å². The minimum atomic E-state index is -0.576. The molecule has 1 heterocycles. The van der Waals surface area contributed by atoms with Gasteiger partial charge in [-0.15, -0.1) is 0 Å².